The Bertz CT molecular complexity index is 379. The van der Waals surface area contributed by atoms with Crippen molar-refractivity contribution < 1.29 is 18.7 Å². The molecule has 0 saturated carbocycles. The summed E-state index contributed by atoms with van der Waals surface area (Å²) in [6.07, 6.45) is 0. The maximum Gasteiger partial charge on any atom is 0.338 e. The number of methoxy groups -OCH3 is 1. The van der Waals surface area contributed by atoms with Gasteiger partial charge in [-0.25, -0.2) is 9.18 Å². The van der Waals surface area contributed by atoms with Crippen molar-refractivity contribution in [1.82, 2.24) is 0 Å². The third-order valence-electron chi connectivity index (χ3n) is 1.73. The normalized spacial score (nSPS) is 9.87. The predicted molar refractivity (Wildman–Crippen MR) is 53.9 cm³/mol. The Morgan fingerprint density at radius 2 is 2.20 bits per heavy atom. The van der Waals surface area contributed by atoms with E-state index < -0.39 is 11.8 Å². The number of esters is 1. The molecular formula is C10H10ClFO3. The molecule has 0 unspecified atom stereocenters. The molecule has 0 fully saturated rings. The van der Waals surface area contributed by atoms with Gasteiger partial charge in [-0.1, -0.05) is 11.6 Å². The standard InChI is InChI=1S/C10H10ClFO3/c1-3-15-10(13)6-4-7(11)9(12)8(5-6)14-2/h4-5H,3H2,1-2H3. The SMILES string of the molecule is CCOC(=O)c1cc(Cl)c(F)c(OC)c1. The maximum absolute atomic E-state index is 13.2. The Kier molecular flexibility index (Phi) is 3.91. The molecule has 0 heterocycles. The Morgan fingerprint density at radius 1 is 1.53 bits per heavy atom. The quantitative estimate of drug-likeness (QED) is 0.752. The van der Waals surface area contributed by atoms with Gasteiger partial charge in [0.05, 0.1) is 24.3 Å². The molecule has 1 rings (SSSR count). The highest BCUT2D eigenvalue weighted by Gasteiger charge is 2.14. The molecule has 0 aliphatic heterocycles. The smallest absolute Gasteiger partial charge is 0.338 e. The molecule has 3 nitrogen and oxygen atoms in total. The van der Waals surface area contributed by atoms with E-state index in [1.165, 1.54) is 19.2 Å². The third kappa shape index (κ3) is 2.59. The molecule has 0 atom stereocenters. The zero-order valence-electron chi connectivity index (χ0n) is 8.34. The first kappa shape index (κ1) is 11.8. The van der Waals surface area contributed by atoms with Crippen LogP contribution < -0.4 is 4.74 Å². The third-order valence-corrected chi connectivity index (χ3v) is 2.00. The molecule has 5 heteroatoms. The van der Waals surface area contributed by atoms with Crippen LogP contribution in [0.25, 0.3) is 0 Å². The fourth-order valence-electron chi connectivity index (χ4n) is 1.04. The van der Waals surface area contributed by atoms with Gasteiger partial charge in [-0.3, -0.25) is 0 Å². The summed E-state index contributed by atoms with van der Waals surface area (Å²) in [4.78, 5) is 11.3. The topological polar surface area (TPSA) is 35.5 Å². The summed E-state index contributed by atoms with van der Waals surface area (Å²) in [5.41, 5.74) is 0.167. The Labute approximate surface area is 91.7 Å². The second-order valence-corrected chi connectivity index (χ2v) is 3.10. The van der Waals surface area contributed by atoms with E-state index in [-0.39, 0.29) is 22.9 Å². The average molecular weight is 233 g/mol. The number of benzene rings is 1. The molecule has 0 N–H and O–H groups in total. The molecular weight excluding hydrogens is 223 g/mol. The lowest BCUT2D eigenvalue weighted by atomic mass is 10.2. The summed E-state index contributed by atoms with van der Waals surface area (Å²) < 4.78 is 22.7. The van der Waals surface area contributed by atoms with E-state index in [9.17, 15) is 9.18 Å². The fourth-order valence-corrected chi connectivity index (χ4v) is 1.26. The minimum atomic E-state index is -0.688. The predicted octanol–water partition coefficient (Wildman–Crippen LogP) is 2.66. The van der Waals surface area contributed by atoms with Crippen molar-refractivity contribution in [3.8, 4) is 5.75 Å². The Morgan fingerprint density at radius 3 is 2.73 bits per heavy atom. The summed E-state index contributed by atoms with van der Waals surface area (Å²) in [6.45, 7) is 1.93. The Balaban J connectivity index is 3.10. The first-order valence-corrected chi connectivity index (χ1v) is 4.68. The van der Waals surface area contributed by atoms with Crippen LogP contribution in [0.5, 0.6) is 5.75 Å². The van der Waals surface area contributed by atoms with Gasteiger partial charge in [0.15, 0.2) is 11.6 Å². The van der Waals surface area contributed by atoms with Crippen molar-refractivity contribution >= 4 is 17.6 Å². The van der Waals surface area contributed by atoms with Crippen LogP contribution in [0.4, 0.5) is 4.39 Å². The van der Waals surface area contributed by atoms with Gasteiger partial charge in [-0.2, -0.15) is 0 Å². The van der Waals surface area contributed by atoms with Crippen LogP contribution in [0, 0.1) is 5.82 Å². The lowest BCUT2D eigenvalue weighted by Gasteiger charge is -2.06. The lowest BCUT2D eigenvalue weighted by molar-refractivity contribution is 0.0526. The number of rotatable bonds is 3. The molecule has 1 aromatic carbocycles. The minimum absolute atomic E-state index is 0.0782. The molecule has 0 radical (unpaired) electrons. The number of hydrogen-bond donors (Lipinski definition) is 0. The molecule has 0 aliphatic rings. The van der Waals surface area contributed by atoms with Crippen molar-refractivity contribution in [2.24, 2.45) is 0 Å². The number of carbonyl (C=O) groups is 1. The largest absolute Gasteiger partial charge is 0.494 e. The van der Waals surface area contributed by atoms with Crippen LogP contribution in [0.15, 0.2) is 12.1 Å². The molecule has 82 valence electrons. The first-order chi connectivity index (χ1) is 7.10. The summed E-state index contributed by atoms with van der Waals surface area (Å²) in [5, 5.41) is -0.169. The van der Waals surface area contributed by atoms with E-state index in [1.807, 2.05) is 0 Å². The van der Waals surface area contributed by atoms with Gasteiger partial charge in [0.2, 0.25) is 0 Å². The van der Waals surface area contributed by atoms with Crippen molar-refractivity contribution in [3.05, 3.63) is 28.5 Å². The van der Waals surface area contributed by atoms with Gasteiger partial charge in [0.1, 0.15) is 0 Å². The minimum Gasteiger partial charge on any atom is -0.494 e. The highest BCUT2D eigenvalue weighted by atomic mass is 35.5. The second-order valence-electron chi connectivity index (χ2n) is 2.69. The van der Waals surface area contributed by atoms with Crippen molar-refractivity contribution in [2.75, 3.05) is 13.7 Å². The molecule has 0 saturated heterocycles. The van der Waals surface area contributed by atoms with Gasteiger partial charge in [-0.15, -0.1) is 0 Å². The Hall–Kier alpha value is -1.29. The van der Waals surface area contributed by atoms with Gasteiger partial charge in [-0.05, 0) is 19.1 Å². The van der Waals surface area contributed by atoms with E-state index in [4.69, 9.17) is 21.1 Å². The van der Waals surface area contributed by atoms with E-state index in [1.54, 1.807) is 6.92 Å². The highest BCUT2D eigenvalue weighted by molar-refractivity contribution is 6.31. The lowest BCUT2D eigenvalue weighted by Crippen LogP contribution is -2.05. The van der Waals surface area contributed by atoms with Crippen LogP contribution in [0.1, 0.15) is 17.3 Å². The number of ether oxygens (including phenoxy) is 2. The molecule has 0 spiro atoms. The van der Waals surface area contributed by atoms with Crippen molar-refractivity contribution in [1.29, 1.82) is 0 Å². The van der Waals surface area contributed by atoms with Crippen LogP contribution >= 0.6 is 11.6 Å². The molecule has 0 bridgehead atoms. The number of hydrogen-bond acceptors (Lipinski definition) is 3. The van der Waals surface area contributed by atoms with E-state index in [2.05, 4.69) is 0 Å². The monoisotopic (exact) mass is 232 g/mol. The van der Waals surface area contributed by atoms with Gasteiger partial charge >= 0.3 is 5.97 Å². The van der Waals surface area contributed by atoms with Crippen molar-refractivity contribution in [2.45, 2.75) is 6.92 Å². The molecule has 0 amide bonds. The summed E-state index contributed by atoms with van der Waals surface area (Å²) >= 11 is 5.58. The van der Waals surface area contributed by atoms with Crippen LogP contribution in [0.2, 0.25) is 5.02 Å². The first-order valence-electron chi connectivity index (χ1n) is 4.30. The van der Waals surface area contributed by atoms with Gasteiger partial charge in [0.25, 0.3) is 0 Å². The highest BCUT2D eigenvalue weighted by Crippen LogP contribution is 2.26. The average Bonchev–Trinajstić information content (AvgIpc) is 2.22. The molecule has 1 aromatic rings. The zero-order chi connectivity index (χ0) is 11.4. The molecule has 0 aromatic heterocycles. The molecule has 0 aliphatic carbocycles. The second kappa shape index (κ2) is 4.98. The van der Waals surface area contributed by atoms with Gasteiger partial charge in [0, 0.05) is 0 Å². The number of halogens is 2. The maximum atomic E-state index is 13.2. The fraction of sp³-hybridized carbons (Fsp3) is 0.300. The molecule has 15 heavy (non-hydrogen) atoms. The van der Waals surface area contributed by atoms with Crippen LogP contribution in [-0.2, 0) is 4.74 Å². The van der Waals surface area contributed by atoms with Gasteiger partial charge < -0.3 is 9.47 Å². The van der Waals surface area contributed by atoms with E-state index in [0.717, 1.165) is 0 Å². The zero-order valence-corrected chi connectivity index (χ0v) is 9.10. The van der Waals surface area contributed by atoms with Crippen molar-refractivity contribution in [3.63, 3.8) is 0 Å². The van der Waals surface area contributed by atoms with Crippen LogP contribution in [0.3, 0.4) is 0 Å². The van der Waals surface area contributed by atoms with E-state index in [0.29, 0.717) is 0 Å². The van der Waals surface area contributed by atoms with Crippen LogP contribution in [-0.4, -0.2) is 19.7 Å². The summed E-state index contributed by atoms with van der Waals surface area (Å²) in [6, 6.07) is 2.45. The number of carbonyl (C=O) groups excluding carboxylic acids is 1. The summed E-state index contributed by atoms with van der Waals surface area (Å²) in [7, 11) is 1.30. The summed E-state index contributed by atoms with van der Waals surface area (Å²) in [5.74, 6) is -1.32. The van der Waals surface area contributed by atoms with E-state index >= 15 is 0 Å².